The third-order valence-electron chi connectivity index (χ3n) is 5.92. The van der Waals surface area contributed by atoms with Crippen molar-refractivity contribution in [2.75, 3.05) is 7.11 Å². The van der Waals surface area contributed by atoms with Crippen LogP contribution in [0.15, 0.2) is 36.2 Å². The molecule has 0 unspecified atom stereocenters. The van der Waals surface area contributed by atoms with Crippen molar-refractivity contribution in [2.24, 2.45) is 11.8 Å². The number of nitriles is 1. The molecule has 3 atom stereocenters. The summed E-state index contributed by atoms with van der Waals surface area (Å²) in [5.41, 5.74) is 2.30. The van der Waals surface area contributed by atoms with E-state index in [1.54, 1.807) is 25.6 Å². The first kappa shape index (κ1) is 17.3. The second-order valence-corrected chi connectivity index (χ2v) is 7.38. The lowest BCUT2D eigenvalue weighted by molar-refractivity contribution is -0.121. The molecule has 6 heteroatoms. The monoisotopic (exact) mass is 360 g/mol. The minimum atomic E-state index is -0.515. The van der Waals surface area contributed by atoms with Gasteiger partial charge in [-0.25, -0.2) is 4.98 Å². The molecule has 4 rings (SSSR count). The zero-order chi connectivity index (χ0) is 19.2. The molecule has 0 amide bonds. The zero-order valence-corrected chi connectivity index (χ0v) is 15.6. The highest BCUT2D eigenvalue weighted by molar-refractivity contribution is 6.02. The molecule has 2 aliphatic carbocycles. The van der Waals surface area contributed by atoms with E-state index in [1.807, 2.05) is 19.1 Å². The number of Topliss-reactive ketones (excluding diaryl/α,β-unsaturated/α-hetero) is 1. The van der Waals surface area contributed by atoms with Crippen molar-refractivity contribution in [3.63, 3.8) is 0 Å². The Morgan fingerprint density at radius 2 is 2.19 bits per heavy atom. The number of hydrogen-bond acceptors (Lipinski definition) is 6. The number of carbonyl (C=O) groups excluding carboxylic acids is 1. The summed E-state index contributed by atoms with van der Waals surface area (Å²) in [5.74, 6) is 0.894. The maximum absolute atomic E-state index is 12.5. The average molecular weight is 360 g/mol. The van der Waals surface area contributed by atoms with Crippen molar-refractivity contribution >= 4 is 5.78 Å². The summed E-state index contributed by atoms with van der Waals surface area (Å²) < 4.78 is 5.58. The molecule has 0 saturated carbocycles. The van der Waals surface area contributed by atoms with E-state index in [1.165, 1.54) is 0 Å². The minimum Gasteiger partial charge on any atom is -0.481 e. The zero-order valence-electron chi connectivity index (χ0n) is 15.6. The molecule has 0 bridgehead atoms. The molecule has 0 aliphatic heterocycles. The van der Waals surface area contributed by atoms with E-state index in [9.17, 15) is 10.1 Å². The van der Waals surface area contributed by atoms with Crippen molar-refractivity contribution in [1.82, 2.24) is 15.0 Å². The first-order valence-corrected chi connectivity index (χ1v) is 9.02. The van der Waals surface area contributed by atoms with Gasteiger partial charge in [-0.15, -0.1) is 0 Å². The van der Waals surface area contributed by atoms with Crippen LogP contribution in [0.1, 0.15) is 31.5 Å². The summed E-state index contributed by atoms with van der Waals surface area (Å²) >= 11 is 0. The Morgan fingerprint density at radius 3 is 2.85 bits per heavy atom. The molecule has 2 aromatic rings. The van der Waals surface area contributed by atoms with Crippen LogP contribution in [-0.4, -0.2) is 27.8 Å². The molecule has 0 spiro atoms. The predicted octanol–water partition coefficient (Wildman–Crippen LogP) is 3.04. The highest BCUT2D eigenvalue weighted by Crippen LogP contribution is 2.50. The van der Waals surface area contributed by atoms with E-state index < -0.39 is 5.41 Å². The van der Waals surface area contributed by atoms with Crippen LogP contribution in [0, 0.1) is 23.2 Å². The number of carbonyl (C=O) groups is 1. The lowest BCUT2D eigenvalue weighted by atomic mass is 9.58. The van der Waals surface area contributed by atoms with Gasteiger partial charge in [-0.05, 0) is 30.9 Å². The van der Waals surface area contributed by atoms with Gasteiger partial charge in [0, 0.05) is 34.9 Å². The van der Waals surface area contributed by atoms with E-state index in [-0.39, 0.29) is 23.2 Å². The van der Waals surface area contributed by atoms with Gasteiger partial charge in [-0.3, -0.25) is 9.78 Å². The smallest absolute Gasteiger partial charge is 0.220 e. The van der Waals surface area contributed by atoms with Gasteiger partial charge in [0.2, 0.25) is 5.88 Å². The SMILES string of the molecule is COc1nc(-c2cccnc2)nc2c1CC[C@H]1[C@H](C)C(=O)C(C#N)=C[C@]21C. The number of pyridine rings is 1. The second kappa shape index (κ2) is 6.27. The Labute approximate surface area is 157 Å². The van der Waals surface area contributed by atoms with Gasteiger partial charge in [-0.2, -0.15) is 10.2 Å². The van der Waals surface area contributed by atoms with Crippen molar-refractivity contribution in [3.05, 3.63) is 47.4 Å². The van der Waals surface area contributed by atoms with Crippen LogP contribution in [0.3, 0.4) is 0 Å². The van der Waals surface area contributed by atoms with Gasteiger partial charge in [0.15, 0.2) is 11.6 Å². The van der Waals surface area contributed by atoms with E-state index >= 15 is 0 Å². The van der Waals surface area contributed by atoms with Crippen LogP contribution in [0.25, 0.3) is 11.4 Å². The average Bonchev–Trinajstić information content (AvgIpc) is 2.70. The van der Waals surface area contributed by atoms with Crippen molar-refractivity contribution in [3.8, 4) is 23.3 Å². The van der Waals surface area contributed by atoms with Gasteiger partial charge in [-0.1, -0.05) is 19.9 Å². The maximum atomic E-state index is 12.5. The van der Waals surface area contributed by atoms with Gasteiger partial charge in [0.05, 0.1) is 18.4 Å². The molecule has 0 aromatic carbocycles. The van der Waals surface area contributed by atoms with Crippen molar-refractivity contribution in [1.29, 1.82) is 5.26 Å². The van der Waals surface area contributed by atoms with E-state index in [0.717, 1.165) is 29.7 Å². The fourth-order valence-corrected chi connectivity index (χ4v) is 4.53. The summed E-state index contributed by atoms with van der Waals surface area (Å²) in [6.07, 6.45) is 6.80. The molecule has 136 valence electrons. The number of nitrogens with zero attached hydrogens (tertiary/aromatic N) is 4. The topological polar surface area (TPSA) is 88.8 Å². The number of ether oxygens (including phenoxy) is 1. The Hall–Kier alpha value is -3.07. The van der Waals surface area contributed by atoms with Gasteiger partial charge < -0.3 is 4.74 Å². The van der Waals surface area contributed by atoms with Gasteiger partial charge in [0.1, 0.15) is 6.07 Å². The standard InChI is InChI=1S/C21H20N4O2/c1-12-16-7-6-15-18(21(16,2)9-14(10-22)17(12)26)24-19(25-20(15)27-3)13-5-4-8-23-11-13/h4-5,8-9,11-12,16H,6-7H2,1-3H3/t12-,16-,21-/m0/s1. The van der Waals surface area contributed by atoms with E-state index in [2.05, 4.69) is 23.0 Å². The third kappa shape index (κ3) is 2.54. The lowest BCUT2D eigenvalue weighted by Crippen LogP contribution is -2.46. The first-order chi connectivity index (χ1) is 13.0. The maximum Gasteiger partial charge on any atom is 0.220 e. The molecule has 0 fully saturated rings. The number of rotatable bonds is 2. The number of methoxy groups -OCH3 is 1. The number of fused-ring (bicyclic) bond motifs is 3. The van der Waals surface area contributed by atoms with Crippen LogP contribution in [0.4, 0.5) is 0 Å². The predicted molar refractivity (Wildman–Crippen MR) is 98.8 cm³/mol. The van der Waals surface area contributed by atoms with Crippen molar-refractivity contribution in [2.45, 2.75) is 32.1 Å². The molecular weight excluding hydrogens is 340 g/mol. The Morgan fingerprint density at radius 1 is 1.37 bits per heavy atom. The molecule has 0 saturated heterocycles. The largest absolute Gasteiger partial charge is 0.481 e. The second-order valence-electron chi connectivity index (χ2n) is 7.38. The van der Waals surface area contributed by atoms with Crippen molar-refractivity contribution < 1.29 is 9.53 Å². The molecular formula is C21H20N4O2. The van der Waals surface area contributed by atoms with Crippen LogP contribution in [-0.2, 0) is 16.6 Å². The quantitative estimate of drug-likeness (QED) is 0.818. The normalized spacial score (nSPS) is 26.4. The molecule has 2 aromatic heterocycles. The molecule has 2 heterocycles. The van der Waals surface area contributed by atoms with Crippen LogP contribution in [0.2, 0.25) is 0 Å². The van der Waals surface area contributed by atoms with E-state index in [4.69, 9.17) is 9.72 Å². The Bertz CT molecular complexity index is 993. The molecule has 27 heavy (non-hydrogen) atoms. The number of hydrogen-bond donors (Lipinski definition) is 0. The molecule has 0 radical (unpaired) electrons. The minimum absolute atomic E-state index is 0.0723. The summed E-state index contributed by atoms with van der Waals surface area (Å²) in [6, 6.07) is 5.82. The summed E-state index contributed by atoms with van der Waals surface area (Å²) in [4.78, 5) is 26.1. The van der Waals surface area contributed by atoms with Crippen LogP contribution in [0.5, 0.6) is 5.88 Å². The molecule has 6 nitrogen and oxygen atoms in total. The lowest BCUT2D eigenvalue weighted by Gasteiger charge is -2.45. The Balaban J connectivity index is 1.98. The summed E-state index contributed by atoms with van der Waals surface area (Å²) in [6.45, 7) is 3.98. The fourth-order valence-electron chi connectivity index (χ4n) is 4.53. The third-order valence-corrected chi connectivity index (χ3v) is 5.92. The highest BCUT2D eigenvalue weighted by atomic mass is 16.5. The van der Waals surface area contributed by atoms with Crippen LogP contribution >= 0.6 is 0 Å². The highest BCUT2D eigenvalue weighted by Gasteiger charge is 2.49. The Kier molecular flexibility index (Phi) is 4.03. The fraction of sp³-hybridized carbons (Fsp3) is 0.381. The number of aromatic nitrogens is 3. The molecule has 0 N–H and O–H groups in total. The summed E-state index contributed by atoms with van der Waals surface area (Å²) in [7, 11) is 1.60. The van der Waals surface area contributed by atoms with Gasteiger partial charge >= 0.3 is 0 Å². The van der Waals surface area contributed by atoms with E-state index in [0.29, 0.717) is 11.7 Å². The molecule has 2 aliphatic rings. The number of ketones is 1. The summed E-state index contributed by atoms with van der Waals surface area (Å²) in [5, 5.41) is 9.46. The van der Waals surface area contributed by atoms with Gasteiger partial charge in [0.25, 0.3) is 0 Å². The van der Waals surface area contributed by atoms with Crippen LogP contribution < -0.4 is 4.74 Å². The number of allylic oxidation sites excluding steroid dienone is 2. The first-order valence-electron chi connectivity index (χ1n) is 9.02.